The Bertz CT molecular complexity index is 2050. The number of ether oxygens (including phenoxy) is 4. The molecule has 4 aromatic rings. The summed E-state index contributed by atoms with van der Waals surface area (Å²) in [5, 5.41) is 19.9. The largest absolute Gasteiger partial charge is 0.493 e. The number of hydrogen-bond donors (Lipinski definition) is 4. The highest BCUT2D eigenvalue weighted by Crippen LogP contribution is 2.29. The average Bonchev–Trinajstić information content (AvgIpc) is 3.14. The lowest BCUT2D eigenvalue weighted by Crippen LogP contribution is -2.29. The summed E-state index contributed by atoms with van der Waals surface area (Å²) in [5.41, 5.74) is 8.50. The number of para-hydroxylation sites is 2. The summed E-state index contributed by atoms with van der Waals surface area (Å²) in [5.74, 6) is -1.20. The van der Waals surface area contributed by atoms with E-state index < -0.39 is 27.2 Å². The molecule has 1 heterocycles. The number of rotatable bonds is 18. The molecule has 0 radical (unpaired) electrons. The summed E-state index contributed by atoms with van der Waals surface area (Å²) in [7, 11) is -2.95. The first-order valence-electron chi connectivity index (χ1n) is 16.3. The number of aromatic nitrogens is 2. The lowest BCUT2D eigenvalue weighted by molar-refractivity contribution is -0.497. The molecular weight excluding hydrogens is 721 g/mol. The Morgan fingerprint density at radius 2 is 1.52 bits per heavy atom. The van der Waals surface area contributed by atoms with Crippen LogP contribution in [0.3, 0.4) is 0 Å². The van der Waals surface area contributed by atoms with Crippen molar-refractivity contribution >= 4 is 27.5 Å². The van der Waals surface area contributed by atoms with Gasteiger partial charge in [-0.3, -0.25) is 15.2 Å². The van der Waals surface area contributed by atoms with Gasteiger partial charge in [0.25, 0.3) is 10.0 Å². The topological polar surface area (TPSA) is 217 Å². The molecule has 4 rings (SSSR count). The van der Waals surface area contributed by atoms with E-state index in [2.05, 4.69) is 31.1 Å². The molecule has 0 atom stereocenters. The fraction of sp³-hybridized carbons (Fsp3) is 0.243. The Hall–Kier alpha value is -5.85. The van der Waals surface area contributed by atoms with E-state index in [4.69, 9.17) is 35.1 Å². The van der Waals surface area contributed by atoms with Gasteiger partial charge in [-0.1, -0.05) is 75.9 Å². The van der Waals surface area contributed by atoms with Crippen molar-refractivity contribution in [2.24, 2.45) is 10.1 Å². The highest BCUT2D eigenvalue weighted by Gasteiger charge is 2.24. The predicted octanol–water partition coefficient (Wildman–Crippen LogP) is 4.65. The van der Waals surface area contributed by atoms with E-state index in [0.717, 1.165) is 5.56 Å². The second-order valence-electron chi connectivity index (χ2n) is 12.4. The molecule has 0 fully saturated rings. The maximum Gasteiger partial charge on any atom is 0.310 e. The quantitative estimate of drug-likeness (QED) is 0.0271. The SMILES string of the molecule is C=C(NC(OCCOC(=O)Cc1ccc(CON(O)O)cc1)=C(Oc1ccccc1OC)C(N)=NS(=O)(=O)c1ccc(C(C)(C)C)cc1)c1ncccn1. The third kappa shape index (κ3) is 12.1. The van der Waals surface area contributed by atoms with Crippen LogP contribution in [0.15, 0.2) is 119 Å². The molecule has 0 unspecified atom stereocenters. The van der Waals surface area contributed by atoms with Gasteiger partial charge in [0.1, 0.15) is 13.2 Å². The first-order chi connectivity index (χ1) is 25.7. The molecule has 0 aliphatic heterocycles. The van der Waals surface area contributed by atoms with E-state index in [1.54, 1.807) is 66.7 Å². The Morgan fingerprint density at radius 3 is 2.13 bits per heavy atom. The smallest absolute Gasteiger partial charge is 0.310 e. The Labute approximate surface area is 313 Å². The summed E-state index contributed by atoms with van der Waals surface area (Å²) in [6, 6.07) is 21.1. The second kappa shape index (κ2) is 18.8. The number of benzene rings is 3. The minimum atomic E-state index is -4.38. The zero-order valence-electron chi connectivity index (χ0n) is 30.1. The second-order valence-corrected chi connectivity index (χ2v) is 14.0. The summed E-state index contributed by atoms with van der Waals surface area (Å²) in [4.78, 5) is 25.5. The Kier molecular flexibility index (Phi) is 14.2. The van der Waals surface area contributed by atoms with Crippen molar-refractivity contribution in [1.82, 2.24) is 20.7 Å². The van der Waals surface area contributed by atoms with Gasteiger partial charge in [0.15, 0.2) is 23.2 Å². The molecule has 5 N–H and O–H groups in total. The lowest BCUT2D eigenvalue weighted by atomic mass is 9.87. The van der Waals surface area contributed by atoms with Gasteiger partial charge in [0.05, 0.1) is 36.1 Å². The Morgan fingerprint density at radius 1 is 0.907 bits per heavy atom. The molecule has 54 heavy (non-hydrogen) atoms. The van der Waals surface area contributed by atoms with Gasteiger partial charge in [-0.25, -0.2) is 14.8 Å². The number of carbonyl (C=O) groups excluding carboxylic acids is 1. The zero-order chi connectivity index (χ0) is 39.3. The van der Waals surface area contributed by atoms with Gasteiger partial charge in [-0.05, 0) is 52.4 Å². The lowest BCUT2D eigenvalue weighted by Gasteiger charge is -2.20. The van der Waals surface area contributed by atoms with Crippen molar-refractivity contribution in [2.45, 2.75) is 44.1 Å². The van der Waals surface area contributed by atoms with Crippen molar-refractivity contribution in [2.75, 3.05) is 20.3 Å². The Balaban J connectivity index is 1.64. The van der Waals surface area contributed by atoms with Crippen LogP contribution in [0.2, 0.25) is 0 Å². The van der Waals surface area contributed by atoms with Crippen LogP contribution >= 0.6 is 0 Å². The number of hydrogen-bond acceptors (Lipinski definition) is 14. The normalized spacial score (nSPS) is 12.5. The first-order valence-corrected chi connectivity index (χ1v) is 17.8. The molecule has 0 saturated carbocycles. The molecule has 0 spiro atoms. The van der Waals surface area contributed by atoms with Gasteiger partial charge in [-0.15, -0.1) is 4.40 Å². The van der Waals surface area contributed by atoms with Crippen molar-refractivity contribution in [3.8, 4) is 11.5 Å². The summed E-state index contributed by atoms with van der Waals surface area (Å²) < 4.78 is 54.0. The van der Waals surface area contributed by atoms with Gasteiger partial charge < -0.3 is 30.0 Å². The highest BCUT2D eigenvalue weighted by molar-refractivity contribution is 7.90. The molecule has 0 aliphatic rings. The van der Waals surface area contributed by atoms with E-state index in [-0.39, 0.29) is 71.2 Å². The third-order valence-corrected chi connectivity index (χ3v) is 8.67. The van der Waals surface area contributed by atoms with E-state index in [1.165, 1.54) is 31.6 Å². The number of nitrogens with zero attached hydrogens (tertiary/aromatic N) is 4. The van der Waals surface area contributed by atoms with Crippen LogP contribution in [-0.4, -0.2) is 66.3 Å². The number of nitrogens with two attached hydrogens (primary N) is 1. The van der Waals surface area contributed by atoms with Crippen molar-refractivity contribution < 1.29 is 47.4 Å². The molecule has 1 aromatic heterocycles. The predicted molar refractivity (Wildman–Crippen MR) is 196 cm³/mol. The third-order valence-electron chi connectivity index (χ3n) is 7.37. The van der Waals surface area contributed by atoms with Crippen LogP contribution in [0.4, 0.5) is 0 Å². The fourth-order valence-electron chi connectivity index (χ4n) is 4.59. The molecular formula is C37H42N6O10S. The van der Waals surface area contributed by atoms with Gasteiger partial charge in [0, 0.05) is 12.4 Å². The van der Waals surface area contributed by atoms with Crippen LogP contribution in [0.1, 0.15) is 43.3 Å². The molecule has 3 aromatic carbocycles. The van der Waals surface area contributed by atoms with E-state index in [0.29, 0.717) is 11.1 Å². The van der Waals surface area contributed by atoms with Gasteiger partial charge in [-0.2, -0.15) is 8.42 Å². The fourth-order valence-corrected chi connectivity index (χ4v) is 5.51. The molecule has 16 nitrogen and oxygen atoms in total. The van der Waals surface area contributed by atoms with Gasteiger partial charge in [0.2, 0.25) is 11.6 Å². The molecule has 0 amide bonds. The monoisotopic (exact) mass is 762 g/mol. The van der Waals surface area contributed by atoms with E-state index in [9.17, 15) is 13.2 Å². The number of methoxy groups -OCH3 is 1. The summed E-state index contributed by atoms with van der Waals surface area (Å²) in [6.45, 7) is 9.38. The standard InChI is InChI=1S/C37H42N6O10S/c1-25(35-39-19-8-20-40-35)41-36(51-22-21-50-32(44)23-26-11-13-27(14-12-26)24-52-43(45)46)33(53-31-10-7-6-9-30(31)49-5)34(38)42-54(47,48)29-17-15-28(16-18-29)37(2,3)4/h6-20,41,45-46H,1,21-24H2,2-5H3,(H2,38,42). The number of amidine groups is 1. The molecule has 0 saturated heterocycles. The maximum absolute atomic E-state index is 13.6. The zero-order valence-corrected chi connectivity index (χ0v) is 30.9. The van der Waals surface area contributed by atoms with Crippen LogP contribution in [-0.2, 0) is 47.6 Å². The van der Waals surface area contributed by atoms with Crippen molar-refractivity contribution in [1.29, 1.82) is 0 Å². The number of carbonyl (C=O) groups is 1. The van der Waals surface area contributed by atoms with E-state index >= 15 is 0 Å². The highest BCUT2D eigenvalue weighted by atomic mass is 32.2. The van der Waals surface area contributed by atoms with Crippen molar-refractivity contribution in [3.63, 3.8) is 0 Å². The van der Waals surface area contributed by atoms with Crippen molar-refractivity contribution in [3.05, 3.63) is 132 Å². The number of esters is 1. The van der Waals surface area contributed by atoms with Crippen LogP contribution in [0.5, 0.6) is 11.5 Å². The first kappa shape index (κ1) is 40.9. The minimum Gasteiger partial charge on any atom is -0.493 e. The van der Waals surface area contributed by atoms with Crippen LogP contribution in [0, 0.1) is 0 Å². The molecule has 17 heteroatoms. The molecule has 286 valence electrons. The summed E-state index contributed by atoms with van der Waals surface area (Å²) in [6.07, 6.45) is 2.92. The number of nitrogens with one attached hydrogen (secondary N) is 1. The average molecular weight is 763 g/mol. The summed E-state index contributed by atoms with van der Waals surface area (Å²) >= 11 is 0. The van der Waals surface area contributed by atoms with Crippen LogP contribution in [0.25, 0.3) is 5.70 Å². The number of sulfonamides is 1. The minimum absolute atomic E-state index is 0.0767. The van der Waals surface area contributed by atoms with E-state index in [1.807, 2.05) is 20.8 Å². The maximum atomic E-state index is 13.6. The molecule has 0 aliphatic carbocycles. The van der Waals surface area contributed by atoms with Gasteiger partial charge >= 0.3 is 5.97 Å². The van der Waals surface area contributed by atoms with Crippen LogP contribution < -0.4 is 20.5 Å². The molecule has 0 bridgehead atoms.